The number of halogens is 2. The topological polar surface area (TPSA) is 0 Å². The lowest BCUT2D eigenvalue weighted by Crippen LogP contribution is -1.91. The molecule has 1 fully saturated rings. The fraction of sp³-hybridized carbons (Fsp3) is 0.222. The molecular formula is C9H7F2. The molecule has 0 aliphatic heterocycles. The first kappa shape index (κ1) is 6.77. The van der Waals surface area contributed by atoms with Crippen LogP contribution >= 0.6 is 0 Å². The molecule has 0 nitrogen and oxygen atoms in total. The minimum absolute atomic E-state index is 0.201. The van der Waals surface area contributed by atoms with Gasteiger partial charge < -0.3 is 0 Å². The van der Waals surface area contributed by atoms with Crippen LogP contribution in [0.3, 0.4) is 0 Å². The second kappa shape index (κ2) is 2.29. The van der Waals surface area contributed by atoms with Crippen LogP contribution in [0.1, 0.15) is 18.4 Å². The van der Waals surface area contributed by atoms with Gasteiger partial charge in [0, 0.05) is 11.5 Å². The van der Waals surface area contributed by atoms with Gasteiger partial charge in [-0.25, -0.2) is 8.78 Å². The quantitative estimate of drug-likeness (QED) is 0.581. The Morgan fingerprint density at radius 3 is 2.00 bits per heavy atom. The molecule has 1 saturated carbocycles. The Labute approximate surface area is 63.9 Å². The van der Waals surface area contributed by atoms with Gasteiger partial charge in [-0.3, -0.25) is 0 Å². The van der Waals surface area contributed by atoms with E-state index in [1.54, 1.807) is 0 Å². The van der Waals surface area contributed by atoms with Crippen molar-refractivity contribution in [3.63, 3.8) is 0 Å². The van der Waals surface area contributed by atoms with Gasteiger partial charge in [-0.05, 0) is 25.0 Å². The molecule has 0 spiro atoms. The molecule has 1 aliphatic carbocycles. The van der Waals surface area contributed by atoms with Gasteiger partial charge in [0.2, 0.25) is 0 Å². The second-order valence-electron chi connectivity index (χ2n) is 2.70. The molecule has 0 bridgehead atoms. The molecule has 0 aromatic heterocycles. The molecule has 1 aliphatic rings. The minimum Gasteiger partial charge on any atom is -0.207 e. The monoisotopic (exact) mass is 153 g/mol. The van der Waals surface area contributed by atoms with Crippen LogP contribution < -0.4 is 0 Å². The van der Waals surface area contributed by atoms with Gasteiger partial charge in [-0.15, -0.1) is 0 Å². The van der Waals surface area contributed by atoms with Crippen LogP contribution in [0.25, 0.3) is 0 Å². The maximum Gasteiger partial charge on any atom is 0.129 e. The Kier molecular flexibility index (Phi) is 1.41. The predicted octanol–water partition coefficient (Wildman–Crippen LogP) is 2.68. The van der Waals surface area contributed by atoms with Crippen molar-refractivity contribution in [2.24, 2.45) is 0 Å². The lowest BCUT2D eigenvalue weighted by atomic mass is 10.1. The molecule has 0 atom stereocenters. The average Bonchev–Trinajstić information content (AvgIpc) is 2.70. The normalized spacial score (nSPS) is 16.9. The van der Waals surface area contributed by atoms with Gasteiger partial charge in [-0.1, -0.05) is 6.07 Å². The van der Waals surface area contributed by atoms with Crippen LogP contribution in [0.2, 0.25) is 0 Å². The third-order valence-corrected chi connectivity index (χ3v) is 1.82. The molecule has 0 heterocycles. The van der Waals surface area contributed by atoms with Crippen LogP contribution in [0.5, 0.6) is 0 Å². The SMILES string of the molecule is Fc1cccc(F)c1[C]1CC1. The van der Waals surface area contributed by atoms with Crippen molar-refractivity contribution in [1.82, 2.24) is 0 Å². The van der Waals surface area contributed by atoms with Crippen LogP contribution in [0.15, 0.2) is 18.2 Å². The Morgan fingerprint density at radius 1 is 1.00 bits per heavy atom. The average molecular weight is 153 g/mol. The van der Waals surface area contributed by atoms with Crippen molar-refractivity contribution in [2.45, 2.75) is 12.8 Å². The summed E-state index contributed by atoms with van der Waals surface area (Å²) in [6, 6.07) is 3.98. The van der Waals surface area contributed by atoms with E-state index in [0.717, 1.165) is 18.8 Å². The van der Waals surface area contributed by atoms with E-state index in [4.69, 9.17) is 0 Å². The summed E-state index contributed by atoms with van der Waals surface area (Å²) in [7, 11) is 0. The molecule has 11 heavy (non-hydrogen) atoms. The van der Waals surface area contributed by atoms with Crippen molar-refractivity contribution in [1.29, 1.82) is 0 Å². The van der Waals surface area contributed by atoms with Crippen molar-refractivity contribution >= 4 is 0 Å². The summed E-state index contributed by atoms with van der Waals surface area (Å²) in [5.74, 6) is 0.0376. The van der Waals surface area contributed by atoms with Crippen LogP contribution in [0, 0.1) is 17.6 Å². The molecule has 1 aromatic rings. The van der Waals surface area contributed by atoms with E-state index >= 15 is 0 Å². The van der Waals surface area contributed by atoms with Crippen molar-refractivity contribution in [2.75, 3.05) is 0 Å². The fourth-order valence-corrected chi connectivity index (χ4v) is 1.15. The molecule has 2 rings (SSSR count). The number of hydrogen-bond acceptors (Lipinski definition) is 0. The zero-order chi connectivity index (χ0) is 7.84. The summed E-state index contributed by atoms with van der Waals surface area (Å²) in [5, 5.41) is 0. The maximum absolute atomic E-state index is 12.9. The zero-order valence-electron chi connectivity index (χ0n) is 5.90. The van der Waals surface area contributed by atoms with Crippen LogP contribution in [-0.2, 0) is 0 Å². The van der Waals surface area contributed by atoms with Crippen LogP contribution in [0.4, 0.5) is 8.78 Å². The van der Waals surface area contributed by atoms with Gasteiger partial charge in [-0.2, -0.15) is 0 Å². The predicted molar refractivity (Wildman–Crippen MR) is 37.9 cm³/mol. The van der Waals surface area contributed by atoms with Gasteiger partial charge >= 0.3 is 0 Å². The molecule has 1 radical (unpaired) electrons. The summed E-state index contributed by atoms with van der Waals surface area (Å²) in [5.41, 5.74) is 0.201. The number of rotatable bonds is 1. The summed E-state index contributed by atoms with van der Waals surface area (Å²) in [6.45, 7) is 0. The summed E-state index contributed by atoms with van der Waals surface area (Å²) in [4.78, 5) is 0. The molecule has 0 N–H and O–H groups in total. The third-order valence-electron chi connectivity index (χ3n) is 1.82. The van der Waals surface area contributed by atoms with Crippen molar-refractivity contribution < 1.29 is 8.78 Å². The van der Waals surface area contributed by atoms with Crippen molar-refractivity contribution in [3.8, 4) is 0 Å². The second-order valence-corrected chi connectivity index (χ2v) is 2.70. The van der Waals surface area contributed by atoms with E-state index in [2.05, 4.69) is 0 Å². The minimum atomic E-state index is -0.433. The highest BCUT2D eigenvalue weighted by Gasteiger charge is 2.29. The largest absolute Gasteiger partial charge is 0.207 e. The van der Waals surface area contributed by atoms with Gasteiger partial charge in [0.05, 0.1) is 0 Å². The highest BCUT2D eigenvalue weighted by Crippen LogP contribution is 2.41. The van der Waals surface area contributed by atoms with E-state index in [0.29, 0.717) is 0 Å². The number of hydrogen-bond donors (Lipinski definition) is 0. The fourth-order valence-electron chi connectivity index (χ4n) is 1.15. The standard InChI is InChI=1S/C9H7F2/c10-7-2-1-3-8(11)9(7)6-4-5-6/h1-3H,4-5H2. The molecule has 1 aromatic carbocycles. The molecule has 0 amide bonds. The summed E-state index contributed by atoms with van der Waals surface area (Å²) < 4.78 is 25.8. The van der Waals surface area contributed by atoms with Crippen LogP contribution in [-0.4, -0.2) is 0 Å². The number of benzene rings is 1. The highest BCUT2D eigenvalue weighted by atomic mass is 19.1. The van der Waals surface area contributed by atoms with E-state index in [1.807, 2.05) is 0 Å². The zero-order valence-corrected chi connectivity index (χ0v) is 5.90. The van der Waals surface area contributed by atoms with Crippen molar-refractivity contribution in [3.05, 3.63) is 41.3 Å². The maximum atomic E-state index is 12.9. The summed E-state index contributed by atoms with van der Waals surface area (Å²) in [6.07, 6.45) is 1.69. The first-order valence-corrected chi connectivity index (χ1v) is 3.58. The van der Waals surface area contributed by atoms with Gasteiger partial charge in [0.15, 0.2) is 0 Å². The van der Waals surface area contributed by atoms with E-state index in [-0.39, 0.29) is 5.56 Å². The molecule has 57 valence electrons. The Bertz CT molecular complexity index is 257. The smallest absolute Gasteiger partial charge is 0.129 e. The lowest BCUT2D eigenvalue weighted by Gasteiger charge is -1.99. The van der Waals surface area contributed by atoms with Gasteiger partial charge in [0.25, 0.3) is 0 Å². The van der Waals surface area contributed by atoms with E-state index in [1.165, 1.54) is 18.2 Å². The summed E-state index contributed by atoms with van der Waals surface area (Å²) >= 11 is 0. The first-order valence-electron chi connectivity index (χ1n) is 3.58. The Morgan fingerprint density at radius 2 is 1.55 bits per heavy atom. The highest BCUT2D eigenvalue weighted by molar-refractivity contribution is 5.39. The Hall–Kier alpha value is -0.920. The Balaban J connectivity index is 2.48. The van der Waals surface area contributed by atoms with E-state index < -0.39 is 11.6 Å². The molecule has 2 heteroatoms. The van der Waals surface area contributed by atoms with Gasteiger partial charge in [0.1, 0.15) is 11.6 Å². The lowest BCUT2D eigenvalue weighted by molar-refractivity contribution is 0.569. The third kappa shape index (κ3) is 1.13. The molecule has 0 saturated heterocycles. The van der Waals surface area contributed by atoms with E-state index in [9.17, 15) is 8.78 Å². The molecule has 0 unspecified atom stereocenters. The first-order chi connectivity index (χ1) is 5.29. The molecular weight excluding hydrogens is 146 g/mol.